The molecule has 0 aliphatic rings. The Morgan fingerprint density at radius 2 is 2.12 bits per heavy atom. The predicted molar refractivity (Wildman–Crippen MR) is 67.0 cm³/mol. The average molecular weight is 234 g/mol. The Hall–Kier alpha value is -1.62. The van der Waals surface area contributed by atoms with E-state index in [2.05, 4.69) is 18.9 Å². The van der Waals surface area contributed by atoms with Gasteiger partial charge in [-0.3, -0.25) is 4.79 Å². The highest BCUT2D eigenvalue weighted by atomic mass is 16.1. The zero-order valence-electron chi connectivity index (χ0n) is 10.4. The topological polar surface area (TPSA) is 65.3 Å². The van der Waals surface area contributed by atoms with E-state index in [4.69, 9.17) is 5.73 Å². The number of nitrogens with zero attached hydrogens (tertiary/aromatic N) is 3. The minimum atomic E-state index is -0.0378. The van der Waals surface area contributed by atoms with Crippen LogP contribution in [0.25, 0.3) is 5.52 Å². The van der Waals surface area contributed by atoms with Crippen LogP contribution in [0.4, 0.5) is 0 Å². The third kappa shape index (κ3) is 2.24. The van der Waals surface area contributed by atoms with E-state index in [1.54, 1.807) is 27.5 Å². The van der Waals surface area contributed by atoms with E-state index in [0.29, 0.717) is 18.0 Å². The maximum absolute atomic E-state index is 12.1. The van der Waals surface area contributed by atoms with Gasteiger partial charge in [-0.05, 0) is 18.9 Å². The molecule has 0 saturated carbocycles. The number of rotatable bonds is 3. The van der Waals surface area contributed by atoms with Gasteiger partial charge in [-0.2, -0.15) is 5.10 Å². The van der Waals surface area contributed by atoms with Crippen molar-refractivity contribution in [1.29, 1.82) is 0 Å². The average Bonchev–Trinajstić information content (AvgIpc) is 2.63. The molecule has 2 N–H and O–H groups in total. The predicted octanol–water partition coefficient (Wildman–Crippen LogP) is 0.788. The molecular formula is C12H18N4O. The van der Waals surface area contributed by atoms with E-state index in [1.807, 2.05) is 6.92 Å². The third-order valence-electron chi connectivity index (χ3n) is 2.99. The van der Waals surface area contributed by atoms with E-state index in [1.165, 1.54) is 0 Å². The number of nitrogens with two attached hydrogens (primary N) is 1. The third-order valence-corrected chi connectivity index (χ3v) is 2.99. The fourth-order valence-corrected chi connectivity index (χ4v) is 1.73. The molecule has 5 heteroatoms. The van der Waals surface area contributed by atoms with Gasteiger partial charge in [0, 0.05) is 25.0 Å². The number of hydrogen-bond donors (Lipinski definition) is 1. The van der Waals surface area contributed by atoms with Crippen molar-refractivity contribution >= 4 is 5.52 Å². The monoisotopic (exact) mass is 234 g/mol. The smallest absolute Gasteiger partial charge is 0.276 e. The first-order chi connectivity index (χ1) is 7.99. The van der Waals surface area contributed by atoms with Crippen molar-refractivity contribution in [3.63, 3.8) is 0 Å². The van der Waals surface area contributed by atoms with Crippen molar-refractivity contribution in [3.8, 4) is 0 Å². The molecule has 5 nitrogen and oxygen atoms in total. The van der Waals surface area contributed by atoms with E-state index in [0.717, 1.165) is 5.69 Å². The van der Waals surface area contributed by atoms with Crippen molar-refractivity contribution in [1.82, 2.24) is 14.2 Å². The van der Waals surface area contributed by atoms with Gasteiger partial charge in [-0.1, -0.05) is 13.8 Å². The summed E-state index contributed by atoms with van der Waals surface area (Å²) < 4.78 is 3.26. The van der Waals surface area contributed by atoms with Gasteiger partial charge in [0.25, 0.3) is 5.56 Å². The highest BCUT2D eigenvalue weighted by Gasteiger charge is 2.11. The number of aromatic nitrogens is 3. The molecule has 2 aromatic heterocycles. The summed E-state index contributed by atoms with van der Waals surface area (Å²) in [5.74, 6) is 0.352. The maximum atomic E-state index is 12.1. The van der Waals surface area contributed by atoms with Crippen molar-refractivity contribution in [3.05, 3.63) is 34.5 Å². The highest BCUT2D eigenvalue weighted by Crippen LogP contribution is 2.03. The molecule has 0 aliphatic carbocycles. The zero-order chi connectivity index (χ0) is 12.6. The second-order valence-electron chi connectivity index (χ2n) is 4.78. The van der Waals surface area contributed by atoms with E-state index in [-0.39, 0.29) is 11.6 Å². The Morgan fingerprint density at radius 3 is 2.76 bits per heavy atom. The van der Waals surface area contributed by atoms with Gasteiger partial charge >= 0.3 is 0 Å². The molecule has 2 heterocycles. The molecule has 0 saturated heterocycles. The summed E-state index contributed by atoms with van der Waals surface area (Å²) >= 11 is 0. The lowest BCUT2D eigenvalue weighted by Gasteiger charge is -2.16. The van der Waals surface area contributed by atoms with Gasteiger partial charge in [0.2, 0.25) is 0 Å². The first-order valence-electron chi connectivity index (χ1n) is 5.80. The largest absolute Gasteiger partial charge is 0.326 e. The van der Waals surface area contributed by atoms with E-state index >= 15 is 0 Å². The van der Waals surface area contributed by atoms with Gasteiger partial charge in [-0.15, -0.1) is 0 Å². The number of fused-ring (bicyclic) bond motifs is 1. The second-order valence-corrected chi connectivity index (χ2v) is 4.78. The molecule has 1 unspecified atom stereocenters. The van der Waals surface area contributed by atoms with Gasteiger partial charge in [0.15, 0.2) is 0 Å². The molecule has 0 aromatic carbocycles. The number of aryl methyl sites for hydroxylation is 1. The van der Waals surface area contributed by atoms with Crippen LogP contribution in [-0.2, 0) is 6.54 Å². The second kappa shape index (κ2) is 4.33. The quantitative estimate of drug-likeness (QED) is 0.853. The molecule has 2 rings (SSSR count). The molecule has 0 bridgehead atoms. The van der Waals surface area contributed by atoms with Crippen LogP contribution in [0.3, 0.4) is 0 Å². The normalized spacial score (nSPS) is 13.5. The number of hydrogen-bond acceptors (Lipinski definition) is 3. The van der Waals surface area contributed by atoms with Crippen LogP contribution in [0.2, 0.25) is 0 Å². The van der Waals surface area contributed by atoms with Crippen LogP contribution in [0.1, 0.15) is 19.5 Å². The molecule has 17 heavy (non-hydrogen) atoms. The standard InChI is InChI=1S/C12H18N4O/c1-8(2)10(13)7-15-4-5-16-11(12(15)17)6-9(3)14-16/h4-6,8,10H,7,13H2,1-3H3. The van der Waals surface area contributed by atoms with Crippen LogP contribution in [0.15, 0.2) is 23.3 Å². The van der Waals surface area contributed by atoms with Crippen LogP contribution in [0.5, 0.6) is 0 Å². The lowest BCUT2D eigenvalue weighted by atomic mass is 10.1. The van der Waals surface area contributed by atoms with E-state index in [9.17, 15) is 4.79 Å². The summed E-state index contributed by atoms with van der Waals surface area (Å²) in [7, 11) is 0. The van der Waals surface area contributed by atoms with Crippen LogP contribution < -0.4 is 11.3 Å². The Bertz CT molecular complexity index is 582. The zero-order valence-corrected chi connectivity index (χ0v) is 10.4. The molecule has 0 fully saturated rings. The summed E-state index contributed by atoms with van der Waals surface area (Å²) in [4.78, 5) is 12.1. The Kier molecular flexibility index (Phi) is 3.02. The van der Waals surface area contributed by atoms with E-state index < -0.39 is 0 Å². The van der Waals surface area contributed by atoms with Crippen molar-refractivity contribution < 1.29 is 0 Å². The molecular weight excluding hydrogens is 216 g/mol. The van der Waals surface area contributed by atoms with Crippen molar-refractivity contribution in [2.24, 2.45) is 11.7 Å². The SMILES string of the molecule is Cc1cc2c(=O)n(CC(N)C(C)C)ccn2n1. The summed E-state index contributed by atoms with van der Waals surface area (Å²) in [5, 5.41) is 4.20. The van der Waals surface area contributed by atoms with Crippen LogP contribution in [0, 0.1) is 12.8 Å². The van der Waals surface area contributed by atoms with Gasteiger partial charge < -0.3 is 10.3 Å². The summed E-state index contributed by atoms with van der Waals surface area (Å²) in [6.45, 7) is 6.52. The lowest BCUT2D eigenvalue weighted by molar-refractivity contribution is 0.427. The van der Waals surface area contributed by atoms with Gasteiger partial charge in [0.05, 0.1) is 5.69 Å². The fourth-order valence-electron chi connectivity index (χ4n) is 1.73. The van der Waals surface area contributed by atoms with Gasteiger partial charge in [0.1, 0.15) is 5.52 Å². The Balaban J connectivity index is 2.42. The summed E-state index contributed by atoms with van der Waals surface area (Å²) in [6, 6.07) is 1.78. The summed E-state index contributed by atoms with van der Waals surface area (Å²) in [5.41, 5.74) is 7.39. The molecule has 92 valence electrons. The van der Waals surface area contributed by atoms with Crippen molar-refractivity contribution in [2.45, 2.75) is 33.4 Å². The summed E-state index contributed by atoms with van der Waals surface area (Å²) in [6.07, 6.45) is 3.53. The fraction of sp³-hybridized carbons (Fsp3) is 0.500. The lowest BCUT2D eigenvalue weighted by Crippen LogP contribution is -2.35. The van der Waals surface area contributed by atoms with Crippen LogP contribution in [-0.4, -0.2) is 20.2 Å². The first kappa shape index (κ1) is 11.9. The maximum Gasteiger partial charge on any atom is 0.276 e. The molecule has 0 radical (unpaired) electrons. The minimum absolute atomic E-state index is 0.0147. The Labute approximate surface area is 99.9 Å². The van der Waals surface area contributed by atoms with Gasteiger partial charge in [-0.25, -0.2) is 4.52 Å². The highest BCUT2D eigenvalue weighted by molar-refractivity contribution is 5.44. The molecule has 1 atom stereocenters. The minimum Gasteiger partial charge on any atom is -0.326 e. The Morgan fingerprint density at radius 1 is 1.41 bits per heavy atom. The van der Waals surface area contributed by atoms with Crippen LogP contribution >= 0.6 is 0 Å². The van der Waals surface area contributed by atoms with Crippen molar-refractivity contribution in [2.75, 3.05) is 0 Å². The molecule has 0 spiro atoms. The molecule has 2 aromatic rings. The molecule has 0 aliphatic heterocycles. The first-order valence-corrected chi connectivity index (χ1v) is 5.80. The molecule has 0 amide bonds.